The van der Waals surface area contributed by atoms with Crippen LogP contribution in [0.25, 0.3) is 0 Å². The van der Waals surface area contributed by atoms with Crippen molar-refractivity contribution in [2.75, 3.05) is 24.1 Å². The molecule has 4 nitrogen and oxygen atoms in total. The maximum Gasteiger partial charge on any atom is 0.238 e. The lowest BCUT2D eigenvalue weighted by Gasteiger charge is -2.25. The summed E-state index contributed by atoms with van der Waals surface area (Å²) < 4.78 is 0. The molecule has 0 aliphatic heterocycles. The van der Waals surface area contributed by atoms with E-state index in [2.05, 4.69) is 31.0 Å². The smallest absolute Gasteiger partial charge is 0.238 e. The quantitative estimate of drug-likeness (QED) is 0.789. The van der Waals surface area contributed by atoms with Crippen LogP contribution in [0.3, 0.4) is 0 Å². The van der Waals surface area contributed by atoms with Gasteiger partial charge in [-0.1, -0.05) is 18.5 Å². The van der Waals surface area contributed by atoms with Crippen LogP contribution in [-0.4, -0.2) is 29.9 Å². The van der Waals surface area contributed by atoms with Crippen LogP contribution in [0.1, 0.15) is 27.2 Å². The molecule has 0 saturated carbocycles. The van der Waals surface area contributed by atoms with Crippen LogP contribution >= 0.6 is 11.6 Å². The van der Waals surface area contributed by atoms with Gasteiger partial charge in [-0.25, -0.2) is 0 Å². The van der Waals surface area contributed by atoms with E-state index in [-0.39, 0.29) is 5.91 Å². The molecule has 5 heteroatoms. The Hall–Kier alpha value is -1.26. The zero-order valence-electron chi connectivity index (χ0n) is 11.7. The molecule has 106 valence electrons. The SMILES string of the molecule is CCCN(CC(=O)Nc1ccc(N)cc1Cl)C(C)C. The van der Waals surface area contributed by atoms with E-state index in [1.807, 2.05) is 0 Å². The van der Waals surface area contributed by atoms with Gasteiger partial charge in [0, 0.05) is 11.7 Å². The van der Waals surface area contributed by atoms with Gasteiger partial charge >= 0.3 is 0 Å². The van der Waals surface area contributed by atoms with E-state index in [1.165, 1.54) is 0 Å². The molecule has 0 bridgehead atoms. The van der Waals surface area contributed by atoms with E-state index >= 15 is 0 Å². The maximum atomic E-state index is 12.0. The Morgan fingerprint density at radius 3 is 2.68 bits per heavy atom. The zero-order valence-corrected chi connectivity index (χ0v) is 12.5. The van der Waals surface area contributed by atoms with Gasteiger partial charge in [0.25, 0.3) is 0 Å². The molecule has 0 heterocycles. The normalized spacial score (nSPS) is 11.1. The molecule has 0 aliphatic rings. The Morgan fingerprint density at radius 2 is 2.16 bits per heavy atom. The molecule has 3 N–H and O–H groups in total. The van der Waals surface area contributed by atoms with Crippen LogP contribution in [0.15, 0.2) is 18.2 Å². The average molecular weight is 284 g/mol. The summed E-state index contributed by atoms with van der Waals surface area (Å²) in [7, 11) is 0. The van der Waals surface area contributed by atoms with Crippen molar-refractivity contribution in [2.45, 2.75) is 33.2 Å². The Kier molecular flexibility index (Phi) is 6.12. The van der Waals surface area contributed by atoms with Gasteiger partial charge in [0.15, 0.2) is 0 Å². The molecule has 19 heavy (non-hydrogen) atoms. The largest absolute Gasteiger partial charge is 0.399 e. The second-order valence-electron chi connectivity index (χ2n) is 4.85. The zero-order chi connectivity index (χ0) is 14.4. The predicted octanol–water partition coefficient (Wildman–Crippen LogP) is 2.98. The third-order valence-corrected chi connectivity index (χ3v) is 3.17. The minimum absolute atomic E-state index is 0.0613. The molecular formula is C14H22ClN3O. The first-order valence-corrected chi connectivity index (χ1v) is 6.90. The number of rotatable bonds is 6. The summed E-state index contributed by atoms with van der Waals surface area (Å²) in [5.41, 5.74) is 6.79. The fraction of sp³-hybridized carbons (Fsp3) is 0.500. The molecular weight excluding hydrogens is 262 g/mol. The highest BCUT2D eigenvalue weighted by Gasteiger charge is 2.14. The van der Waals surface area contributed by atoms with E-state index in [1.54, 1.807) is 18.2 Å². The third-order valence-electron chi connectivity index (χ3n) is 2.86. The molecule has 0 spiro atoms. The fourth-order valence-corrected chi connectivity index (χ4v) is 2.05. The molecule has 1 amide bonds. The van der Waals surface area contributed by atoms with E-state index in [9.17, 15) is 4.79 Å². The number of carbonyl (C=O) groups excluding carboxylic acids is 1. The topological polar surface area (TPSA) is 58.4 Å². The Bertz CT molecular complexity index is 435. The number of benzene rings is 1. The van der Waals surface area contributed by atoms with Crippen LogP contribution in [0.2, 0.25) is 5.02 Å². The average Bonchev–Trinajstić information content (AvgIpc) is 2.32. The highest BCUT2D eigenvalue weighted by atomic mass is 35.5. The van der Waals surface area contributed by atoms with Gasteiger partial charge in [-0.3, -0.25) is 9.69 Å². The molecule has 0 saturated heterocycles. The van der Waals surface area contributed by atoms with Crippen LogP contribution < -0.4 is 11.1 Å². The van der Waals surface area contributed by atoms with Crippen molar-refractivity contribution in [3.8, 4) is 0 Å². The van der Waals surface area contributed by atoms with E-state index in [0.29, 0.717) is 29.0 Å². The first-order chi connectivity index (χ1) is 8.93. The monoisotopic (exact) mass is 283 g/mol. The molecule has 0 aromatic heterocycles. The molecule has 0 fully saturated rings. The van der Waals surface area contributed by atoms with Gasteiger partial charge in [-0.15, -0.1) is 0 Å². The second-order valence-corrected chi connectivity index (χ2v) is 5.26. The lowest BCUT2D eigenvalue weighted by atomic mass is 10.2. The maximum absolute atomic E-state index is 12.0. The lowest BCUT2D eigenvalue weighted by molar-refractivity contribution is -0.117. The first-order valence-electron chi connectivity index (χ1n) is 6.53. The standard InChI is InChI=1S/C14H22ClN3O/c1-4-7-18(10(2)3)9-14(19)17-13-6-5-11(16)8-12(13)15/h5-6,8,10H,4,7,9,16H2,1-3H3,(H,17,19). The minimum atomic E-state index is -0.0613. The Balaban J connectivity index is 2.63. The number of hydrogen-bond acceptors (Lipinski definition) is 3. The van der Waals surface area contributed by atoms with Crippen molar-refractivity contribution in [1.29, 1.82) is 0 Å². The van der Waals surface area contributed by atoms with Crippen LogP contribution in [0, 0.1) is 0 Å². The molecule has 1 aromatic rings. The Labute approximate surface area is 119 Å². The third kappa shape index (κ3) is 5.09. The summed E-state index contributed by atoms with van der Waals surface area (Å²) in [6.07, 6.45) is 1.02. The van der Waals surface area contributed by atoms with Gasteiger partial charge in [-0.2, -0.15) is 0 Å². The molecule has 1 rings (SSSR count). The van der Waals surface area contributed by atoms with Crippen LogP contribution in [-0.2, 0) is 4.79 Å². The van der Waals surface area contributed by atoms with Crippen molar-refractivity contribution >= 4 is 28.9 Å². The van der Waals surface area contributed by atoms with Crippen molar-refractivity contribution in [3.63, 3.8) is 0 Å². The molecule has 0 aliphatic carbocycles. The molecule has 0 radical (unpaired) electrons. The first kappa shape index (κ1) is 15.8. The Morgan fingerprint density at radius 1 is 1.47 bits per heavy atom. The van der Waals surface area contributed by atoms with Crippen molar-refractivity contribution in [1.82, 2.24) is 4.90 Å². The summed E-state index contributed by atoms with van der Waals surface area (Å²) in [6.45, 7) is 7.54. The number of nitrogen functional groups attached to an aromatic ring is 1. The number of nitrogens with zero attached hydrogens (tertiary/aromatic N) is 1. The summed E-state index contributed by atoms with van der Waals surface area (Å²) in [5, 5.41) is 3.27. The lowest BCUT2D eigenvalue weighted by Crippen LogP contribution is -2.38. The van der Waals surface area contributed by atoms with Gasteiger partial charge < -0.3 is 11.1 Å². The number of carbonyl (C=O) groups is 1. The molecule has 0 atom stereocenters. The van der Waals surface area contributed by atoms with Gasteiger partial charge in [0.1, 0.15) is 0 Å². The minimum Gasteiger partial charge on any atom is -0.399 e. The number of nitrogens with one attached hydrogen (secondary N) is 1. The van der Waals surface area contributed by atoms with Crippen LogP contribution in [0.4, 0.5) is 11.4 Å². The van der Waals surface area contributed by atoms with Gasteiger partial charge in [0.05, 0.1) is 17.3 Å². The highest BCUT2D eigenvalue weighted by molar-refractivity contribution is 6.34. The summed E-state index contributed by atoms with van der Waals surface area (Å²) in [4.78, 5) is 14.1. The van der Waals surface area contributed by atoms with E-state index in [0.717, 1.165) is 13.0 Å². The predicted molar refractivity (Wildman–Crippen MR) is 81.5 cm³/mol. The van der Waals surface area contributed by atoms with E-state index in [4.69, 9.17) is 17.3 Å². The molecule has 0 unspecified atom stereocenters. The summed E-state index contributed by atoms with van der Waals surface area (Å²) in [6, 6.07) is 5.40. The number of nitrogens with two attached hydrogens (primary N) is 1. The van der Waals surface area contributed by atoms with E-state index < -0.39 is 0 Å². The van der Waals surface area contributed by atoms with Gasteiger partial charge in [0.2, 0.25) is 5.91 Å². The number of amides is 1. The number of halogens is 1. The number of anilines is 2. The van der Waals surface area contributed by atoms with Crippen LogP contribution in [0.5, 0.6) is 0 Å². The van der Waals surface area contributed by atoms with Crippen molar-refractivity contribution in [3.05, 3.63) is 23.2 Å². The fourth-order valence-electron chi connectivity index (χ4n) is 1.81. The highest BCUT2D eigenvalue weighted by Crippen LogP contribution is 2.23. The van der Waals surface area contributed by atoms with Crippen molar-refractivity contribution < 1.29 is 4.79 Å². The molecule has 1 aromatic carbocycles. The summed E-state index contributed by atoms with van der Waals surface area (Å²) >= 11 is 6.03. The van der Waals surface area contributed by atoms with Gasteiger partial charge in [-0.05, 0) is 45.0 Å². The number of hydrogen-bond donors (Lipinski definition) is 2. The summed E-state index contributed by atoms with van der Waals surface area (Å²) in [5.74, 6) is -0.0613. The second kappa shape index (κ2) is 7.36. The van der Waals surface area contributed by atoms with Crippen molar-refractivity contribution in [2.24, 2.45) is 0 Å².